The summed E-state index contributed by atoms with van der Waals surface area (Å²) in [5.74, 6) is 0.364. The van der Waals surface area contributed by atoms with Crippen LogP contribution in [0.25, 0.3) is 11.1 Å². The first-order chi connectivity index (χ1) is 9.15. The summed E-state index contributed by atoms with van der Waals surface area (Å²) in [6.45, 7) is 1.88. The molecule has 19 heavy (non-hydrogen) atoms. The Hall–Kier alpha value is -1.65. The van der Waals surface area contributed by atoms with Crippen molar-refractivity contribution in [3.63, 3.8) is 0 Å². The minimum absolute atomic E-state index is 0.0605. The summed E-state index contributed by atoms with van der Waals surface area (Å²) in [4.78, 5) is 17.0. The Bertz CT molecular complexity index is 727. The van der Waals surface area contributed by atoms with E-state index in [4.69, 9.17) is 16.0 Å². The van der Waals surface area contributed by atoms with Gasteiger partial charge in [-0.05, 0) is 30.0 Å². The number of carbonyl (C=O) groups is 1. The number of aromatic nitrogens is 1. The van der Waals surface area contributed by atoms with Gasteiger partial charge in [-0.3, -0.25) is 4.79 Å². The summed E-state index contributed by atoms with van der Waals surface area (Å²) in [5.41, 5.74) is 2.38. The zero-order valence-electron chi connectivity index (χ0n) is 10.1. The number of nitrogens with zero attached hydrogens (tertiary/aromatic N) is 1. The van der Waals surface area contributed by atoms with E-state index in [0.29, 0.717) is 21.4 Å². The Morgan fingerprint density at radius 1 is 1.42 bits per heavy atom. The Morgan fingerprint density at radius 2 is 2.21 bits per heavy atom. The van der Waals surface area contributed by atoms with E-state index in [0.717, 1.165) is 11.1 Å². The molecule has 0 aliphatic rings. The Labute approximate surface area is 118 Å². The van der Waals surface area contributed by atoms with Crippen LogP contribution in [0.4, 0.5) is 0 Å². The van der Waals surface area contributed by atoms with Crippen molar-refractivity contribution in [2.75, 3.05) is 0 Å². The van der Waals surface area contributed by atoms with E-state index in [1.54, 1.807) is 0 Å². The van der Waals surface area contributed by atoms with Crippen LogP contribution in [-0.2, 0) is 6.42 Å². The number of oxazole rings is 1. The maximum Gasteiger partial charge on any atom is 0.203 e. The topological polar surface area (TPSA) is 43.1 Å². The minimum Gasteiger partial charge on any atom is -0.440 e. The van der Waals surface area contributed by atoms with Crippen LogP contribution in [0.15, 0.2) is 34.1 Å². The summed E-state index contributed by atoms with van der Waals surface area (Å²) < 4.78 is 5.54. The second-order valence-corrected chi connectivity index (χ2v) is 5.49. The molecule has 0 saturated heterocycles. The van der Waals surface area contributed by atoms with E-state index < -0.39 is 0 Å². The first-order valence-corrected chi connectivity index (χ1v) is 7.02. The van der Waals surface area contributed by atoms with Crippen molar-refractivity contribution in [3.8, 4) is 0 Å². The number of hydrogen-bond acceptors (Lipinski definition) is 4. The Kier molecular flexibility index (Phi) is 3.12. The van der Waals surface area contributed by atoms with Gasteiger partial charge in [0.15, 0.2) is 11.4 Å². The molecule has 5 heteroatoms. The van der Waals surface area contributed by atoms with Crippen molar-refractivity contribution < 1.29 is 9.21 Å². The van der Waals surface area contributed by atoms with Crippen molar-refractivity contribution in [2.45, 2.75) is 13.3 Å². The third-order valence-electron chi connectivity index (χ3n) is 2.80. The van der Waals surface area contributed by atoms with E-state index in [1.165, 1.54) is 11.3 Å². The molecule has 2 aromatic heterocycles. The Morgan fingerprint density at radius 3 is 2.89 bits per heavy atom. The molecule has 0 aliphatic heterocycles. The number of hydrogen-bond donors (Lipinski definition) is 0. The van der Waals surface area contributed by atoms with Crippen LogP contribution < -0.4 is 0 Å². The fourth-order valence-corrected chi connectivity index (χ4v) is 3.07. The monoisotopic (exact) mass is 291 g/mol. The zero-order valence-corrected chi connectivity index (χ0v) is 11.7. The number of fused-ring (bicyclic) bond motifs is 1. The quantitative estimate of drug-likeness (QED) is 0.677. The van der Waals surface area contributed by atoms with Crippen molar-refractivity contribution in [1.29, 1.82) is 0 Å². The van der Waals surface area contributed by atoms with Crippen LogP contribution in [0.1, 0.15) is 21.1 Å². The lowest BCUT2D eigenvalue weighted by Crippen LogP contribution is -2.02. The first kappa shape index (κ1) is 12.4. The molecule has 0 N–H and O–H groups in total. The van der Waals surface area contributed by atoms with Crippen LogP contribution in [0.5, 0.6) is 0 Å². The van der Waals surface area contributed by atoms with Gasteiger partial charge < -0.3 is 4.42 Å². The van der Waals surface area contributed by atoms with Gasteiger partial charge in [-0.2, -0.15) is 0 Å². The molecule has 0 aliphatic carbocycles. The van der Waals surface area contributed by atoms with Crippen molar-refractivity contribution in [1.82, 2.24) is 4.98 Å². The van der Waals surface area contributed by atoms with E-state index >= 15 is 0 Å². The molecule has 0 saturated carbocycles. The number of Topliss-reactive ketones (excluding diaryl/α,β-unsaturated/α-hetero) is 1. The summed E-state index contributed by atoms with van der Waals surface area (Å²) in [5, 5.41) is 2.41. The third kappa shape index (κ3) is 2.29. The van der Waals surface area contributed by atoms with Crippen molar-refractivity contribution in [3.05, 3.63) is 51.0 Å². The van der Waals surface area contributed by atoms with Gasteiger partial charge in [-0.15, -0.1) is 11.3 Å². The van der Waals surface area contributed by atoms with Crippen molar-refractivity contribution >= 4 is 39.8 Å². The summed E-state index contributed by atoms with van der Waals surface area (Å²) in [6.07, 6.45) is 0.133. The number of thiophene rings is 1. The molecule has 0 atom stereocenters. The maximum atomic E-state index is 12.2. The van der Waals surface area contributed by atoms with Gasteiger partial charge >= 0.3 is 0 Å². The van der Waals surface area contributed by atoms with Crippen molar-refractivity contribution in [2.24, 2.45) is 0 Å². The molecule has 0 bridgehead atoms. The molecule has 0 amide bonds. The molecule has 3 nitrogen and oxygen atoms in total. The molecular formula is C14H10ClNO2S. The lowest BCUT2D eigenvalue weighted by Gasteiger charge is -1.95. The summed E-state index contributed by atoms with van der Waals surface area (Å²) in [6, 6.07) is 7.45. The predicted molar refractivity (Wildman–Crippen MR) is 76.1 cm³/mol. The van der Waals surface area contributed by atoms with Gasteiger partial charge in [0.25, 0.3) is 0 Å². The number of halogens is 1. The number of aryl methyl sites for hydroxylation is 1. The summed E-state index contributed by atoms with van der Waals surface area (Å²) >= 11 is 7.45. The molecule has 0 unspecified atom stereocenters. The van der Waals surface area contributed by atoms with E-state index in [1.807, 2.05) is 36.6 Å². The van der Waals surface area contributed by atoms with Crippen LogP contribution in [0, 0.1) is 6.92 Å². The number of carbonyl (C=O) groups excluding carboxylic acids is 1. The van der Waals surface area contributed by atoms with Crippen LogP contribution in [0.3, 0.4) is 0 Å². The van der Waals surface area contributed by atoms with Gasteiger partial charge in [-0.25, -0.2) is 4.98 Å². The molecule has 2 heterocycles. The molecule has 3 rings (SSSR count). The normalized spacial score (nSPS) is 11.1. The smallest absolute Gasteiger partial charge is 0.203 e. The highest BCUT2D eigenvalue weighted by atomic mass is 35.5. The average Bonchev–Trinajstić information content (AvgIpc) is 2.93. The van der Waals surface area contributed by atoms with Crippen LogP contribution in [-0.4, -0.2) is 10.8 Å². The highest BCUT2D eigenvalue weighted by Gasteiger charge is 2.17. The van der Waals surface area contributed by atoms with Crippen LogP contribution >= 0.6 is 22.9 Å². The minimum atomic E-state index is -0.0605. The maximum absolute atomic E-state index is 12.2. The zero-order chi connectivity index (χ0) is 13.4. The van der Waals surface area contributed by atoms with Gasteiger partial charge in [0.1, 0.15) is 5.52 Å². The van der Waals surface area contributed by atoms with Gasteiger partial charge in [0, 0.05) is 0 Å². The van der Waals surface area contributed by atoms with Crippen LogP contribution in [0.2, 0.25) is 5.02 Å². The SMILES string of the molecule is Cc1csc(C(=O)Cc2nc3ccccc3o2)c1Cl. The fourth-order valence-electron chi connectivity index (χ4n) is 1.83. The highest BCUT2D eigenvalue weighted by molar-refractivity contribution is 7.13. The second kappa shape index (κ2) is 4.79. The molecular weight excluding hydrogens is 282 g/mol. The average molecular weight is 292 g/mol. The number of benzene rings is 1. The fraction of sp³-hybridized carbons (Fsp3) is 0.143. The summed E-state index contributed by atoms with van der Waals surface area (Å²) in [7, 11) is 0. The van der Waals surface area contributed by atoms with Gasteiger partial charge in [0.05, 0.1) is 16.3 Å². The molecule has 0 radical (unpaired) electrons. The molecule has 0 fully saturated rings. The number of para-hydroxylation sites is 2. The third-order valence-corrected chi connectivity index (χ3v) is 4.54. The lowest BCUT2D eigenvalue weighted by molar-refractivity contribution is 0.0990. The van der Waals surface area contributed by atoms with E-state index in [9.17, 15) is 4.79 Å². The standard InChI is InChI=1S/C14H10ClNO2S/c1-8-7-19-14(13(8)15)10(17)6-12-16-9-4-2-3-5-11(9)18-12/h2-5,7H,6H2,1H3. The highest BCUT2D eigenvalue weighted by Crippen LogP contribution is 2.28. The number of ketones is 1. The van der Waals surface area contributed by atoms with E-state index in [2.05, 4.69) is 4.98 Å². The predicted octanol–water partition coefficient (Wildman–Crippen LogP) is 4.28. The largest absolute Gasteiger partial charge is 0.440 e. The van der Waals surface area contributed by atoms with Gasteiger partial charge in [0.2, 0.25) is 5.89 Å². The molecule has 3 aromatic rings. The lowest BCUT2D eigenvalue weighted by atomic mass is 10.2. The van der Waals surface area contributed by atoms with E-state index in [-0.39, 0.29) is 12.2 Å². The molecule has 1 aromatic carbocycles. The first-order valence-electron chi connectivity index (χ1n) is 5.76. The number of rotatable bonds is 3. The molecule has 96 valence electrons. The second-order valence-electron chi connectivity index (χ2n) is 4.24. The van der Waals surface area contributed by atoms with Gasteiger partial charge in [-0.1, -0.05) is 23.7 Å². The Balaban J connectivity index is 1.88. The molecule has 0 spiro atoms.